The topological polar surface area (TPSA) is 47.7 Å². The Bertz CT molecular complexity index is 488. The van der Waals surface area contributed by atoms with Crippen LogP contribution in [0, 0.1) is 0 Å². The van der Waals surface area contributed by atoms with Crippen LogP contribution < -0.4 is 5.32 Å². The van der Waals surface area contributed by atoms with Crippen molar-refractivity contribution < 1.29 is 4.39 Å². The van der Waals surface area contributed by atoms with Gasteiger partial charge in [-0.3, -0.25) is 9.36 Å². The summed E-state index contributed by atoms with van der Waals surface area (Å²) in [5.41, 5.74) is 2.00. The van der Waals surface area contributed by atoms with Crippen LogP contribution in [0.3, 0.4) is 0 Å². The Hall–Kier alpha value is -1.85. The second-order valence-electron chi connectivity index (χ2n) is 4.40. The van der Waals surface area contributed by atoms with Crippen LogP contribution in [0.25, 0.3) is 0 Å². The lowest BCUT2D eigenvalue weighted by Crippen LogP contribution is -2.10. The van der Waals surface area contributed by atoms with Crippen molar-refractivity contribution in [3.05, 3.63) is 30.4 Å². The van der Waals surface area contributed by atoms with E-state index < -0.39 is 6.67 Å². The fourth-order valence-electron chi connectivity index (χ4n) is 1.80. The molecule has 1 N–H and O–H groups in total. The Morgan fingerprint density at radius 1 is 1.39 bits per heavy atom. The average Bonchev–Trinajstić information content (AvgIpc) is 2.95. The summed E-state index contributed by atoms with van der Waals surface area (Å²) in [6.07, 6.45) is 5.30. The minimum atomic E-state index is -0.402. The van der Waals surface area contributed by atoms with E-state index in [0.29, 0.717) is 19.1 Å². The molecular weight excluding hydrogens is 233 g/mol. The molecule has 18 heavy (non-hydrogen) atoms. The first kappa shape index (κ1) is 12.6. The molecular formula is C12H18FN5. The highest BCUT2D eigenvalue weighted by Crippen LogP contribution is 2.11. The van der Waals surface area contributed by atoms with E-state index in [1.54, 1.807) is 23.3 Å². The fourth-order valence-corrected chi connectivity index (χ4v) is 1.80. The van der Waals surface area contributed by atoms with Crippen LogP contribution in [0.2, 0.25) is 0 Å². The molecule has 0 fully saturated rings. The molecule has 0 bridgehead atoms. The highest BCUT2D eigenvalue weighted by molar-refractivity contribution is 5.38. The lowest BCUT2D eigenvalue weighted by atomic mass is 10.3. The smallest absolute Gasteiger partial charge is 0.109 e. The second kappa shape index (κ2) is 5.66. The number of aryl methyl sites for hydroxylation is 1. The second-order valence-corrected chi connectivity index (χ2v) is 4.40. The lowest BCUT2D eigenvalue weighted by molar-refractivity contribution is 0.427. The first-order valence-corrected chi connectivity index (χ1v) is 6.05. The first-order chi connectivity index (χ1) is 8.70. The zero-order valence-corrected chi connectivity index (χ0v) is 10.7. The number of rotatable bonds is 6. The summed E-state index contributed by atoms with van der Waals surface area (Å²) in [5, 5.41) is 11.6. The van der Waals surface area contributed by atoms with Gasteiger partial charge in [0.25, 0.3) is 0 Å². The summed E-state index contributed by atoms with van der Waals surface area (Å²) in [4.78, 5) is 0. The zero-order valence-electron chi connectivity index (χ0n) is 10.7. The molecule has 0 aliphatic rings. The van der Waals surface area contributed by atoms with Crippen LogP contribution in [0.4, 0.5) is 10.1 Å². The Morgan fingerprint density at radius 3 is 2.94 bits per heavy atom. The van der Waals surface area contributed by atoms with Gasteiger partial charge in [0.15, 0.2) is 0 Å². The Kier molecular flexibility index (Phi) is 3.96. The molecule has 0 spiro atoms. The van der Waals surface area contributed by atoms with Crippen molar-refractivity contribution in [3.63, 3.8) is 0 Å². The van der Waals surface area contributed by atoms with Crippen molar-refractivity contribution in [3.8, 4) is 0 Å². The van der Waals surface area contributed by atoms with Crippen molar-refractivity contribution in [2.24, 2.45) is 0 Å². The van der Waals surface area contributed by atoms with Crippen LogP contribution in [-0.4, -0.2) is 26.2 Å². The molecule has 0 unspecified atom stereocenters. The number of nitrogens with zero attached hydrogens (tertiary/aromatic N) is 4. The lowest BCUT2D eigenvalue weighted by Gasteiger charge is -2.11. The monoisotopic (exact) mass is 251 g/mol. The number of hydrogen-bond donors (Lipinski definition) is 1. The molecule has 98 valence electrons. The molecule has 0 aromatic carbocycles. The van der Waals surface area contributed by atoms with E-state index in [-0.39, 0.29) is 0 Å². The summed E-state index contributed by atoms with van der Waals surface area (Å²) in [7, 11) is 0. The highest BCUT2D eigenvalue weighted by Gasteiger charge is 2.06. The zero-order chi connectivity index (χ0) is 13.0. The number of aromatic nitrogens is 4. The molecule has 0 saturated carbocycles. The predicted molar refractivity (Wildman–Crippen MR) is 68.1 cm³/mol. The average molecular weight is 251 g/mol. The molecule has 0 radical (unpaired) electrons. The molecule has 6 heteroatoms. The molecule has 2 aromatic rings. The Balaban J connectivity index is 1.96. The van der Waals surface area contributed by atoms with E-state index in [1.165, 1.54) is 0 Å². The summed E-state index contributed by atoms with van der Waals surface area (Å²) in [5.74, 6) is 0. The van der Waals surface area contributed by atoms with Crippen molar-refractivity contribution in [2.45, 2.75) is 33.0 Å². The van der Waals surface area contributed by atoms with Crippen molar-refractivity contribution in [1.82, 2.24) is 19.6 Å². The summed E-state index contributed by atoms with van der Waals surface area (Å²) in [6, 6.07) is 2.32. The molecule has 0 atom stereocenters. The normalized spacial score (nSPS) is 11.1. The van der Waals surface area contributed by atoms with Crippen LogP contribution >= 0.6 is 0 Å². The largest absolute Gasteiger partial charge is 0.377 e. The third-order valence-corrected chi connectivity index (χ3v) is 2.66. The standard InChI is InChI=1S/C12H18FN5/c1-10(2)18-12(3-5-15-18)8-14-11-7-16-17(9-11)6-4-13/h3,5,7,9-10,14H,4,6,8H2,1-2H3. The first-order valence-electron chi connectivity index (χ1n) is 6.05. The van der Waals surface area contributed by atoms with Gasteiger partial charge < -0.3 is 5.32 Å². The Morgan fingerprint density at radius 2 is 2.22 bits per heavy atom. The predicted octanol–water partition coefficient (Wildman–Crippen LogP) is 2.24. The van der Waals surface area contributed by atoms with E-state index in [4.69, 9.17) is 0 Å². The van der Waals surface area contributed by atoms with Crippen molar-refractivity contribution >= 4 is 5.69 Å². The maximum atomic E-state index is 12.1. The molecule has 2 rings (SSSR count). The number of hydrogen-bond acceptors (Lipinski definition) is 3. The number of halogens is 1. The number of alkyl halides is 1. The molecule has 2 aromatic heterocycles. The molecule has 0 aliphatic heterocycles. The maximum Gasteiger partial charge on any atom is 0.109 e. The van der Waals surface area contributed by atoms with Crippen molar-refractivity contribution in [2.75, 3.05) is 12.0 Å². The van der Waals surface area contributed by atoms with Gasteiger partial charge in [0.2, 0.25) is 0 Å². The molecule has 0 amide bonds. The summed E-state index contributed by atoms with van der Waals surface area (Å²) < 4.78 is 15.7. The third kappa shape index (κ3) is 2.88. The van der Waals surface area contributed by atoms with Gasteiger partial charge >= 0.3 is 0 Å². The Labute approximate surface area is 106 Å². The SMILES string of the molecule is CC(C)n1nccc1CNc1cnn(CCF)c1. The molecule has 0 aliphatic carbocycles. The van der Waals surface area contributed by atoms with E-state index in [2.05, 4.69) is 29.4 Å². The van der Waals surface area contributed by atoms with E-state index in [9.17, 15) is 4.39 Å². The molecule has 2 heterocycles. The van der Waals surface area contributed by atoms with Gasteiger partial charge in [-0.25, -0.2) is 4.39 Å². The molecule has 0 saturated heterocycles. The maximum absolute atomic E-state index is 12.1. The third-order valence-electron chi connectivity index (χ3n) is 2.66. The number of anilines is 1. The minimum absolute atomic E-state index is 0.297. The fraction of sp³-hybridized carbons (Fsp3) is 0.500. The van der Waals surface area contributed by atoms with Crippen LogP contribution in [0.15, 0.2) is 24.7 Å². The summed E-state index contributed by atoms with van der Waals surface area (Å²) >= 11 is 0. The van der Waals surface area contributed by atoms with Crippen LogP contribution in [-0.2, 0) is 13.1 Å². The van der Waals surface area contributed by atoms with Gasteiger partial charge in [-0.15, -0.1) is 0 Å². The highest BCUT2D eigenvalue weighted by atomic mass is 19.1. The van der Waals surface area contributed by atoms with Gasteiger partial charge in [-0.1, -0.05) is 0 Å². The van der Waals surface area contributed by atoms with Gasteiger partial charge in [-0.2, -0.15) is 10.2 Å². The van der Waals surface area contributed by atoms with Crippen LogP contribution in [0.5, 0.6) is 0 Å². The minimum Gasteiger partial charge on any atom is -0.377 e. The molecule has 5 nitrogen and oxygen atoms in total. The van der Waals surface area contributed by atoms with Crippen LogP contribution in [0.1, 0.15) is 25.6 Å². The quantitative estimate of drug-likeness (QED) is 0.856. The van der Waals surface area contributed by atoms with Gasteiger partial charge in [-0.05, 0) is 19.9 Å². The van der Waals surface area contributed by atoms with Crippen molar-refractivity contribution in [1.29, 1.82) is 0 Å². The number of nitrogens with one attached hydrogen (secondary N) is 1. The van der Waals surface area contributed by atoms with Gasteiger partial charge in [0.1, 0.15) is 6.67 Å². The van der Waals surface area contributed by atoms with Gasteiger partial charge in [0, 0.05) is 18.4 Å². The summed E-state index contributed by atoms with van der Waals surface area (Å²) in [6.45, 7) is 4.76. The van der Waals surface area contributed by atoms with E-state index >= 15 is 0 Å². The van der Waals surface area contributed by atoms with E-state index in [1.807, 2.05) is 10.7 Å². The van der Waals surface area contributed by atoms with Gasteiger partial charge in [0.05, 0.1) is 30.7 Å². The van der Waals surface area contributed by atoms with E-state index in [0.717, 1.165) is 11.4 Å².